The molecule has 7 nitrogen and oxygen atoms in total. The number of allylic oxidation sites excluding steroid dienone is 1. The smallest absolute Gasteiger partial charge is 0.310 e. The number of aliphatic hydroxyl groups is 1. The lowest BCUT2D eigenvalue weighted by Gasteiger charge is -2.33. The van der Waals surface area contributed by atoms with Gasteiger partial charge in [-0.25, -0.2) is 4.98 Å². The summed E-state index contributed by atoms with van der Waals surface area (Å²) >= 11 is 1.56. The lowest BCUT2D eigenvalue weighted by Crippen LogP contribution is -2.45. The number of nitrogens with zero attached hydrogens (tertiary/aromatic N) is 1. The molecule has 8 heteroatoms. The quantitative estimate of drug-likeness (QED) is 0.425. The maximum Gasteiger partial charge on any atom is 0.310 e. The molecule has 1 saturated heterocycles. The van der Waals surface area contributed by atoms with Crippen molar-refractivity contribution in [2.24, 2.45) is 17.3 Å². The fourth-order valence-electron chi connectivity index (χ4n) is 5.17. The van der Waals surface area contributed by atoms with Crippen LogP contribution in [0.2, 0.25) is 0 Å². The molecule has 0 aliphatic carbocycles. The van der Waals surface area contributed by atoms with Crippen LogP contribution in [0.25, 0.3) is 6.08 Å². The molecule has 1 N–H and O–H groups in total. The van der Waals surface area contributed by atoms with Crippen LogP contribution in [-0.4, -0.2) is 46.1 Å². The van der Waals surface area contributed by atoms with E-state index in [9.17, 15) is 19.5 Å². The Labute approximate surface area is 218 Å². The lowest BCUT2D eigenvalue weighted by molar-refractivity contribution is -0.155. The fraction of sp³-hybridized carbons (Fsp3) is 0.643. The third-order valence-corrected chi connectivity index (χ3v) is 8.42. The molecule has 3 rings (SSSR count). The van der Waals surface area contributed by atoms with Gasteiger partial charge in [-0.1, -0.05) is 25.5 Å². The first-order valence-electron chi connectivity index (χ1n) is 12.8. The third-order valence-electron chi connectivity index (χ3n) is 7.62. The highest BCUT2D eigenvalue weighted by atomic mass is 32.1. The van der Waals surface area contributed by atoms with Gasteiger partial charge in [-0.3, -0.25) is 14.4 Å². The molecule has 2 aliphatic rings. The number of aryl methyl sites for hydroxylation is 1. The summed E-state index contributed by atoms with van der Waals surface area (Å²) in [6.45, 7) is 11.2. The highest BCUT2D eigenvalue weighted by Gasteiger charge is 2.53. The van der Waals surface area contributed by atoms with Crippen molar-refractivity contribution in [3.8, 4) is 0 Å². The number of hydrogen-bond acceptors (Lipinski definition) is 8. The second kappa shape index (κ2) is 11.8. The molecular formula is C28H39NO6S. The Bertz CT molecular complexity index is 1040. The number of thiazole rings is 1. The number of Topliss-reactive ketones (excluding diaryl/α,β-unsaturated/α-hetero) is 1. The van der Waals surface area contributed by atoms with E-state index in [-0.39, 0.29) is 24.5 Å². The zero-order chi connectivity index (χ0) is 26.6. The van der Waals surface area contributed by atoms with Gasteiger partial charge in [0.1, 0.15) is 18.0 Å². The number of rotatable bonds is 2. The fourth-order valence-corrected chi connectivity index (χ4v) is 5.74. The summed E-state index contributed by atoms with van der Waals surface area (Å²) in [5, 5.41) is 13.8. The van der Waals surface area contributed by atoms with Crippen LogP contribution in [0.15, 0.2) is 22.6 Å². The van der Waals surface area contributed by atoms with E-state index in [1.165, 1.54) is 5.57 Å². The zero-order valence-electron chi connectivity index (χ0n) is 22.2. The molecular weight excluding hydrogens is 478 g/mol. The Morgan fingerprint density at radius 3 is 2.58 bits per heavy atom. The Balaban J connectivity index is 1.91. The van der Waals surface area contributed by atoms with Gasteiger partial charge >= 0.3 is 11.9 Å². The van der Waals surface area contributed by atoms with Crippen LogP contribution in [0.5, 0.6) is 0 Å². The summed E-state index contributed by atoms with van der Waals surface area (Å²) in [6.07, 6.45) is 4.47. The number of ketones is 1. The van der Waals surface area contributed by atoms with Gasteiger partial charge in [-0.05, 0) is 64.5 Å². The summed E-state index contributed by atoms with van der Waals surface area (Å²) in [5.41, 5.74) is 1.68. The molecule has 0 radical (unpaired) electrons. The molecule has 6 atom stereocenters. The van der Waals surface area contributed by atoms with Crippen LogP contribution in [0.3, 0.4) is 0 Å². The molecule has 36 heavy (non-hydrogen) atoms. The zero-order valence-corrected chi connectivity index (χ0v) is 23.0. The van der Waals surface area contributed by atoms with Crippen LogP contribution in [0, 0.1) is 24.2 Å². The van der Waals surface area contributed by atoms with Crippen molar-refractivity contribution in [1.29, 1.82) is 0 Å². The standard InChI is InChI=1S/C28H39NO6S/c1-16-8-7-9-17(2)26(32)19(4)27(33)28(6)14-25(31)35-23(28)13-24(30)34-22(11-10-16)18(3)12-21-15-36-20(5)29-21/h10,12,15,17,19,22-23,26,32H,7-9,11,13-14H2,1-6H3/b16-10-,18-12+/t17-,19+,22-,23+,26-,28+/m0/s1. The minimum Gasteiger partial charge on any atom is -0.461 e. The van der Waals surface area contributed by atoms with Crippen LogP contribution < -0.4 is 0 Å². The molecule has 2 aliphatic heterocycles. The molecule has 1 aromatic rings. The van der Waals surface area contributed by atoms with Crippen LogP contribution in [0.1, 0.15) is 83.8 Å². The van der Waals surface area contributed by atoms with Gasteiger partial charge in [0.25, 0.3) is 0 Å². The predicted octanol–water partition coefficient (Wildman–Crippen LogP) is 5.20. The van der Waals surface area contributed by atoms with Crippen molar-refractivity contribution in [3.05, 3.63) is 33.3 Å². The lowest BCUT2D eigenvalue weighted by atomic mass is 9.71. The number of cyclic esters (lactones) is 1. The van der Waals surface area contributed by atoms with Crippen molar-refractivity contribution >= 4 is 35.1 Å². The van der Waals surface area contributed by atoms with E-state index < -0.39 is 41.6 Å². The van der Waals surface area contributed by atoms with Crippen LogP contribution in [-0.2, 0) is 23.9 Å². The Kier molecular flexibility index (Phi) is 9.28. The Morgan fingerprint density at radius 1 is 1.19 bits per heavy atom. The predicted molar refractivity (Wildman–Crippen MR) is 139 cm³/mol. The maximum atomic E-state index is 13.5. The second-order valence-electron chi connectivity index (χ2n) is 10.7. The van der Waals surface area contributed by atoms with Crippen molar-refractivity contribution in [1.82, 2.24) is 4.98 Å². The highest BCUT2D eigenvalue weighted by Crippen LogP contribution is 2.41. The van der Waals surface area contributed by atoms with Crippen LogP contribution >= 0.6 is 11.3 Å². The first kappa shape index (κ1) is 28.3. The average Bonchev–Trinajstić information content (AvgIpc) is 3.35. The van der Waals surface area contributed by atoms with E-state index in [4.69, 9.17) is 9.47 Å². The molecule has 198 valence electrons. The largest absolute Gasteiger partial charge is 0.461 e. The second-order valence-corrected chi connectivity index (χ2v) is 11.8. The SMILES string of the molecule is C/C1=C/C[C@@H](/C(C)=C/c2csc(C)n2)OC(=O)C[C@H]2OC(=O)C[C@@]2(C)C(=O)[C@H](C)[C@@H](O)[C@@H](C)CCC1. The number of fused-ring (bicyclic) bond motifs is 1. The summed E-state index contributed by atoms with van der Waals surface area (Å²) in [6, 6.07) is 0. The molecule has 0 bridgehead atoms. The normalized spacial score (nSPS) is 35.0. The van der Waals surface area contributed by atoms with E-state index in [0.29, 0.717) is 6.42 Å². The number of carbonyl (C=O) groups excluding carboxylic acids is 3. The molecule has 0 unspecified atom stereocenters. The van der Waals surface area contributed by atoms with E-state index in [0.717, 1.165) is 35.5 Å². The molecule has 0 saturated carbocycles. The topological polar surface area (TPSA) is 103 Å². The number of aliphatic hydroxyl groups excluding tert-OH is 1. The third kappa shape index (κ3) is 6.71. The first-order chi connectivity index (χ1) is 16.9. The molecule has 0 spiro atoms. The molecule has 0 aromatic carbocycles. The van der Waals surface area contributed by atoms with E-state index in [1.807, 2.05) is 32.2 Å². The van der Waals surface area contributed by atoms with Gasteiger partial charge in [0.05, 0.1) is 35.1 Å². The van der Waals surface area contributed by atoms with Crippen molar-refractivity contribution in [2.75, 3.05) is 0 Å². The monoisotopic (exact) mass is 517 g/mol. The average molecular weight is 518 g/mol. The van der Waals surface area contributed by atoms with Crippen LogP contribution in [0.4, 0.5) is 0 Å². The van der Waals surface area contributed by atoms with Gasteiger partial charge < -0.3 is 14.6 Å². The maximum absolute atomic E-state index is 13.5. The van der Waals surface area contributed by atoms with Crippen molar-refractivity contribution in [2.45, 2.75) is 98.4 Å². The molecule has 3 heterocycles. The Morgan fingerprint density at radius 2 is 1.92 bits per heavy atom. The number of aromatic nitrogens is 1. The van der Waals surface area contributed by atoms with E-state index >= 15 is 0 Å². The van der Waals surface area contributed by atoms with Crippen molar-refractivity contribution < 1.29 is 29.0 Å². The number of esters is 2. The summed E-state index contributed by atoms with van der Waals surface area (Å²) in [7, 11) is 0. The highest BCUT2D eigenvalue weighted by molar-refractivity contribution is 7.09. The van der Waals surface area contributed by atoms with Crippen molar-refractivity contribution in [3.63, 3.8) is 0 Å². The van der Waals surface area contributed by atoms with Gasteiger partial charge in [0.2, 0.25) is 0 Å². The van der Waals surface area contributed by atoms with Gasteiger partial charge in [-0.2, -0.15) is 0 Å². The van der Waals surface area contributed by atoms with Gasteiger partial charge in [-0.15, -0.1) is 11.3 Å². The van der Waals surface area contributed by atoms with E-state index in [1.54, 1.807) is 25.2 Å². The van der Waals surface area contributed by atoms with Gasteiger partial charge in [0, 0.05) is 17.7 Å². The molecule has 1 fully saturated rings. The molecule has 1 aromatic heterocycles. The van der Waals surface area contributed by atoms with E-state index in [2.05, 4.69) is 18.0 Å². The minimum atomic E-state index is -1.19. The number of hydrogen-bond donors (Lipinski definition) is 1. The number of carbonyl (C=O) groups is 3. The summed E-state index contributed by atoms with van der Waals surface area (Å²) < 4.78 is 11.4. The number of ether oxygens (including phenoxy) is 2. The summed E-state index contributed by atoms with van der Waals surface area (Å²) in [4.78, 5) is 43.3. The Hall–Kier alpha value is -2.32. The molecule has 0 amide bonds. The van der Waals surface area contributed by atoms with Gasteiger partial charge in [0.15, 0.2) is 0 Å². The summed E-state index contributed by atoms with van der Waals surface area (Å²) in [5.74, 6) is -2.04. The minimum absolute atomic E-state index is 0.0748. The first-order valence-corrected chi connectivity index (χ1v) is 13.7.